The molecule has 1 aromatic carbocycles. The van der Waals surface area contributed by atoms with E-state index in [-0.39, 0.29) is 0 Å². The van der Waals surface area contributed by atoms with Crippen LogP contribution in [0.1, 0.15) is 6.92 Å². The zero-order valence-electron chi connectivity index (χ0n) is 8.73. The maximum atomic E-state index is 11.1. The average Bonchev–Trinajstić information content (AvgIpc) is 2.28. The number of hydrogen-bond donors (Lipinski definition) is 0. The van der Waals surface area contributed by atoms with E-state index in [1.165, 1.54) is 9.80 Å². The van der Waals surface area contributed by atoms with Crippen molar-refractivity contribution in [3.63, 3.8) is 0 Å². The topological polar surface area (TPSA) is 44.1 Å². The second-order valence-corrected chi connectivity index (χ2v) is 4.24. The van der Waals surface area contributed by atoms with E-state index in [0.717, 1.165) is 11.4 Å². The monoisotopic (exact) mass is 220 g/mol. The minimum absolute atomic E-state index is 0.550. The second-order valence-electron chi connectivity index (χ2n) is 2.90. The van der Waals surface area contributed by atoms with E-state index in [2.05, 4.69) is 6.92 Å². The molecular weight excluding hydrogens is 208 g/mol. The maximum absolute atomic E-state index is 11.1. The van der Waals surface area contributed by atoms with E-state index >= 15 is 0 Å². The number of nitriles is 1. The molecule has 0 spiro atoms. The zero-order valence-corrected chi connectivity index (χ0v) is 9.54. The minimum Gasteiger partial charge on any atom is -0.303 e. The molecule has 0 heterocycles. The predicted octanol–water partition coefficient (Wildman–Crippen LogP) is 2.28. The van der Waals surface area contributed by atoms with Gasteiger partial charge in [-0.2, -0.15) is 5.26 Å². The van der Waals surface area contributed by atoms with Crippen molar-refractivity contribution in [2.24, 2.45) is 0 Å². The Bertz CT molecular complexity index is 381. The van der Waals surface area contributed by atoms with Gasteiger partial charge in [0.15, 0.2) is 6.07 Å². The number of carbonyl (C=O) groups excluding carboxylic acids is 1. The minimum atomic E-state index is -0.550. The van der Waals surface area contributed by atoms with Gasteiger partial charge in [-0.25, -0.2) is 0 Å². The molecule has 3 nitrogen and oxygen atoms in total. The first-order chi connectivity index (χ1) is 7.19. The third kappa shape index (κ3) is 3.00. The van der Waals surface area contributed by atoms with E-state index in [9.17, 15) is 4.79 Å². The molecule has 0 fully saturated rings. The summed E-state index contributed by atoms with van der Waals surface area (Å²) in [7, 11) is 1.59. The van der Waals surface area contributed by atoms with Crippen LogP contribution in [0.25, 0.3) is 0 Å². The molecule has 78 valence electrons. The summed E-state index contributed by atoms with van der Waals surface area (Å²) in [5.41, 5.74) is 0.738. The van der Waals surface area contributed by atoms with E-state index in [4.69, 9.17) is 5.26 Å². The summed E-state index contributed by atoms with van der Waals surface area (Å²) in [5.74, 6) is 0.470. The van der Waals surface area contributed by atoms with Crippen LogP contribution < -0.4 is 4.90 Å². The van der Waals surface area contributed by atoms with Gasteiger partial charge in [-0.05, 0) is 30.0 Å². The van der Waals surface area contributed by atoms with Gasteiger partial charge in [-0.15, -0.1) is 11.8 Å². The molecule has 0 saturated carbocycles. The summed E-state index contributed by atoms with van der Waals surface area (Å²) in [6.45, 7) is 2.09. The summed E-state index contributed by atoms with van der Waals surface area (Å²) in [6, 6.07) is 9.16. The summed E-state index contributed by atoms with van der Waals surface area (Å²) in [4.78, 5) is 13.6. The number of carbonyl (C=O) groups is 1. The van der Waals surface area contributed by atoms with Crippen molar-refractivity contribution in [1.29, 1.82) is 5.26 Å². The van der Waals surface area contributed by atoms with E-state index in [1.807, 2.05) is 24.3 Å². The molecule has 0 bridgehead atoms. The SMILES string of the molecule is CCSc1ccc(N(C)C(=O)C#N)cc1. The van der Waals surface area contributed by atoms with Crippen LogP contribution in [0.4, 0.5) is 5.69 Å². The first-order valence-electron chi connectivity index (χ1n) is 4.59. The third-order valence-corrected chi connectivity index (χ3v) is 2.83. The molecule has 1 rings (SSSR count). The number of amides is 1. The number of anilines is 1. The normalized spacial score (nSPS) is 9.40. The van der Waals surface area contributed by atoms with Crippen LogP contribution in [0.15, 0.2) is 29.2 Å². The molecule has 0 unspecified atom stereocenters. The average molecular weight is 220 g/mol. The Morgan fingerprint density at radius 3 is 2.53 bits per heavy atom. The van der Waals surface area contributed by atoms with Crippen molar-refractivity contribution < 1.29 is 4.79 Å². The van der Waals surface area contributed by atoms with Crippen LogP contribution in [0.3, 0.4) is 0 Å². The molecule has 0 aliphatic rings. The molecule has 0 aromatic heterocycles. The molecule has 4 heteroatoms. The summed E-state index contributed by atoms with van der Waals surface area (Å²) in [6.07, 6.45) is 0. The molecule has 15 heavy (non-hydrogen) atoms. The van der Waals surface area contributed by atoms with Gasteiger partial charge in [0, 0.05) is 17.6 Å². The van der Waals surface area contributed by atoms with Crippen molar-refractivity contribution in [3.05, 3.63) is 24.3 Å². The lowest BCUT2D eigenvalue weighted by molar-refractivity contribution is -0.113. The van der Waals surface area contributed by atoms with Crippen molar-refractivity contribution in [3.8, 4) is 6.07 Å². The highest BCUT2D eigenvalue weighted by Crippen LogP contribution is 2.21. The first kappa shape index (κ1) is 11.6. The Hall–Kier alpha value is -1.47. The lowest BCUT2D eigenvalue weighted by atomic mass is 10.3. The van der Waals surface area contributed by atoms with Crippen LogP contribution in [-0.2, 0) is 4.79 Å². The largest absolute Gasteiger partial charge is 0.329 e. The standard InChI is InChI=1S/C11H12N2OS/c1-3-15-10-6-4-9(5-7-10)13(2)11(14)8-12/h4-7H,3H2,1-2H3. The van der Waals surface area contributed by atoms with Crippen molar-refractivity contribution in [2.45, 2.75) is 11.8 Å². The van der Waals surface area contributed by atoms with Gasteiger partial charge in [-0.3, -0.25) is 4.79 Å². The highest BCUT2D eigenvalue weighted by atomic mass is 32.2. The Morgan fingerprint density at radius 1 is 1.47 bits per heavy atom. The Morgan fingerprint density at radius 2 is 2.07 bits per heavy atom. The number of benzene rings is 1. The lowest BCUT2D eigenvalue weighted by Gasteiger charge is -2.13. The molecule has 0 saturated heterocycles. The predicted molar refractivity (Wildman–Crippen MR) is 61.9 cm³/mol. The van der Waals surface area contributed by atoms with Gasteiger partial charge < -0.3 is 4.90 Å². The van der Waals surface area contributed by atoms with Gasteiger partial charge >= 0.3 is 5.91 Å². The van der Waals surface area contributed by atoms with Crippen molar-refractivity contribution in [1.82, 2.24) is 0 Å². The lowest BCUT2D eigenvalue weighted by Crippen LogP contribution is -2.24. The van der Waals surface area contributed by atoms with Crippen molar-refractivity contribution in [2.75, 3.05) is 17.7 Å². The molecule has 0 aliphatic carbocycles. The van der Waals surface area contributed by atoms with Crippen LogP contribution in [0.2, 0.25) is 0 Å². The quantitative estimate of drug-likeness (QED) is 0.580. The molecular formula is C11H12N2OS. The number of thioether (sulfide) groups is 1. The Balaban J connectivity index is 2.80. The second kappa shape index (κ2) is 5.42. The van der Waals surface area contributed by atoms with Gasteiger partial charge in [0.1, 0.15) is 0 Å². The highest BCUT2D eigenvalue weighted by molar-refractivity contribution is 7.99. The Kier molecular flexibility index (Phi) is 4.19. The fourth-order valence-corrected chi connectivity index (χ4v) is 1.79. The van der Waals surface area contributed by atoms with E-state index in [0.29, 0.717) is 0 Å². The highest BCUT2D eigenvalue weighted by Gasteiger charge is 2.08. The summed E-state index contributed by atoms with van der Waals surface area (Å²) >= 11 is 1.74. The van der Waals surface area contributed by atoms with Crippen LogP contribution in [0, 0.1) is 11.3 Å². The zero-order chi connectivity index (χ0) is 11.3. The van der Waals surface area contributed by atoms with Gasteiger partial charge in [0.2, 0.25) is 0 Å². The first-order valence-corrected chi connectivity index (χ1v) is 5.58. The van der Waals surface area contributed by atoms with Crippen LogP contribution in [-0.4, -0.2) is 18.7 Å². The molecule has 0 radical (unpaired) electrons. The van der Waals surface area contributed by atoms with Gasteiger partial charge in [0.25, 0.3) is 0 Å². The molecule has 0 N–H and O–H groups in total. The Labute approximate surface area is 93.7 Å². The number of hydrogen-bond acceptors (Lipinski definition) is 3. The molecule has 0 atom stereocenters. The molecule has 1 aromatic rings. The third-order valence-electron chi connectivity index (χ3n) is 1.94. The van der Waals surface area contributed by atoms with Crippen molar-refractivity contribution >= 4 is 23.4 Å². The summed E-state index contributed by atoms with van der Waals surface area (Å²) in [5, 5.41) is 8.46. The van der Waals surface area contributed by atoms with E-state index in [1.54, 1.807) is 24.9 Å². The van der Waals surface area contributed by atoms with E-state index < -0.39 is 5.91 Å². The van der Waals surface area contributed by atoms with Crippen LogP contribution >= 0.6 is 11.8 Å². The number of nitrogens with zero attached hydrogens (tertiary/aromatic N) is 2. The fraction of sp³-hybridized carbons (Fsp3) is 0.273. The molecule has 0 aliphatic heterocycles. The summed E-state index contributed by atoms with van der Waals surface area (Å²) < 4.78 is 0. The maximum Gasteiger partial charge on any atom is 0.329 e. The van der Waals surface area contributed by atoms with Crippen LogP contribution in [0.5, 0.6) is 0 Å². The van der Waals surface area contributed by atoms with Gasteiger partial charge in [-0.1, -0.05) is 6.92 Å². The number of rotatable bonds is 3. The smallest absolute Gasteiger partial charge is 0.303 e. The fourth-order valence-electron chi connectivity index (χ4n) is 1.12. The molecule has 1 amide bonds. The van der Waals surface area contributed by atoms with Gasteiger partial charge in [0.05, 0.1) is 0 Å².